The molecule has 4 nitrogen and oxygen atoms in total. The van der Waals surface area contributed by atoms with Crippen LogP contribution < -0.4 is 5.32 Å². The Morgan fingerprint density at radius 2 is 1.86 bits per heavy atom. The molecule has 1 unspecified atom stereocenters. The van der Waals surface area contributed by atoms with Gasteiger partial charge in [0.25, 0.3) is 0 Å². The fourth-order valence-corrected chi connectivity index (χ4v) is 4.92. The van der Waals surface area contributed by atoms with E-state index in [1.807, 2.05) is 36.7 Å². The van der Waals surface area contributed by atoms with E-state index in [4.69, 9.17) is 4.98 Å². The van der Waals surface area contributed by atoms with Gasteiger partial charge in [0.15, 0.2) is 11.6 Å². The van der Waals surface area contributed by atoms with Crippen LogP contribution in [0.2, 0.25) is 0 Å². The zero-order valence-electron chi connectivity index (χ0n) is 18.7. The average molecular weight is 470 g/mol. The van der Waals surface area contributed by atoms with Crippen LogP contribution in [-0.2, 0) is 12.8 Å². The predicted octanol–water partition coefficient (Wildman–Crippen LogP) is 6.38. The summed E-state index contributed by atoms with van der Waals surface area (Å²) in [4.78, 5) is 12.4. The van der Waals surface area contributed by atoms with Gasteiger partial charge < -0.3 is 10.3 Å². The van der Waals surface area contributed by atoms with Crippen LogP contribution >= 0.6 is 0 Å². The molecular formula is C28H21F3N4. The minimum Gasteiger partial charge on any atom is -0.361 e. The third kappa shape index (κ3) is 3.93. The summed E-state index contributed by atoms with van der Waals surface area (Å²) in [7, 11) is 0. The SMILES string of the molecule is Fc1ccc2c(CCNc3ncc4c(n3)-c3ccccc3C(c3ccc(F)c(F)c3)C4)c[nH]c2c1. The van der Waals surface area contributed by atoms with Crippen LogP contribution in [-0.4, -0.2) is 21.5 Å². The molecule has 2 N–H and O–H groups in total. The van der Waals surface area contributed by atoms with Crippen LogP contribution in [0.4, 0.5) is 19.1 Å². The van der Waals surface area contributed by atoms with E-state index >= 15 is 0 Å². The smallest absolute Gasteiger partial charge is 0.223 e. The molecule has 1 aliphatic rings. The Hall–Kier alpha value is -4.13. The molecule has 5 aromatic rings. The molecule has 2 heterocycles. The molecule has 0 saturated carbocycles. The molecule has 0 radical (unpaired) electrons. The number of H-pyrrole nitrogens is 1. The lowest BCUT2D eigenvalue weighted by Gasteiger charge is -2.27. The van der Waals surface area contributed by atoms with Gasteiger partial charge in [-0.2, -0.15) is 0 Å². The maximum absolute atomic E-state index is 14.0. The second-order valence-corrected chi connectivity index (χ2v) is 8.77. The molecule has 35 heavy (non-hydrogen) atoms. The van der Waals surface area contributed by atoms with Crippen LogP contribution in [0.3, 0.4) is 0 Å². The van der Waals surface area contributed by atoms with E-state index in [9.17, 15) is 13.2 Å². The number of hydrogen-bond donors (Lipinski definition) is 2. The Balaban J connectivity index is 1.25. The van der Waals surface area contributed by atoms with Crippen LogP contribution in [0.25, 0.3) is 22.2 Å². The highest BCUT2D eigenvalue weighted by molar-refractivity contribution is 5.83. The van der Waals surface area contributed by atoms with Gasteiger partial charge in [0.05, 0.1) is 5.69 Å². The molecule has 3 aromatic carbocycles. The Bertz CT molecular complexity index is 1560. The first-order valence-electron chi connectivity index (χ1n) is 11.5. The first-order valence-corrected chi connectivity index (χ1v) is 11.5. The molecule has 0 fully saturated rings. The second-order valence-electron chi connectivity index (χ2n) is 8.77. The Labute approximate surface area is 199 Å². The van der Waals surface area contributed by atoms with Gasteiger partial charge in [-0.25, -0.2) is 23.1 Å². The van der Waals surface area contributed by atoms with Gasteiger partial charge in [-0.3, -0.25) is 0 Å². The van der Waals surface area contributed by atoms with Crippen molar-refractivity contribution in [2.45, 2.75) is 18.8 Å². The summed E-state index contributed by atoms with van der Waals surface area (Å²) in [6.07, 6.45) is 5.03. The van der Waals surface area contributed by atoms with Crippen LogP contribution in [0, 0.1) is 17.5 Å². The molecule has 6 rings (SSSR count). The van der Waals surface area contributed by atoms with Crippen molar-refractivity contribution in [3.8, 4) is 11.3 Å². The van der Waals surface area contributed by atoms with E-state index in [0.717, 1.165) is 50.8 Å². The van der Waals surface area contributed by atoms with Crippen molar-refractivity contribution < 1.29 is 13.2 Å². The van der Waals surface area contributed by atoms with Gasteiger partial charge in [-0.05, 0) is 65.4 Å². The maximum Gasteiger partial charge on any atom is 0.223 e. The summed E-state index contributed by atoms with van der Waals surface area (Å²) < 4.78 is 40.9. The summed E-state index contributed by atoms with van der Waals surface area (Å²) >= 11 is 0. The molecule has 2 aromatic heterocycles. The van der Waals surface area contributed by atoms with E-state index in [1.165, 1.54) is 24.3 Å². The summed E-state index contributed by atoms with van der Waals surface area (Å²) in [5.74, 6) is -1.55. The normalized spacial score (nSPS) is 14.5. The first-order chi connectivity index (χ1) is 17.1. The minimum absolute atomic E-state index is 0.108. The van der Waals surface area contributed by atoms with Crippen LogP contribution in [0.5, 0.6) is 0 Å². The molecule has 1 aliphatic carbocycles. The van der Waals surface area contributed by atoms with E-state index in [2.05, 4.69) is 15.3 Å². The summed E-state index contributed by atoms with van der Waals surface area (Å²) in [6.45, 7) is 0.613. The van der Waals surface area contributed by atoms with E-state index in [1.54, 1.807) is 12.1 Å². The summed E-state index contributed by atoms with van der Waals surface area (Å²) in [5.41, 5.74) is 6.39. The molecule has 174 valence electrons. The van der Waals surface area contributed by atoms with Crippen molar-refractivity contribution in [3.05, 3.63) is 113 Å². The Morgan fingerprint density at radius 1 is 0.971 bits per heavy atom. The standard InChI is InChI=1S/C28H21F3N4/c29-19-6-7-20-17(14-33-26(20)13-19)9-10-32-28-34-15-18-11-23(16-5-8-24(30)25(31)12-16)21-3-1-2-4-22(21)27(18)35-28/h1-8,12-15,23,33H,9-11H2,(H,32,34,35). The number of anilines is 1. The van der Waals surface area contributed by atoms with Gasteiger partial charge >= 0.3 is 0 Å². The van der Waals surface area contributed by atoms with E-state index in [0.29, 0.717) is 18.9 Å². The third-order valence-corrected chi connectivity index (χ3v) is 6.63. The molecule has 7 heteroatoms. The lowest BCUT2D eigenvalue weighted by Crippen LogP contribution is -2.16. The number of nitrogens with zero attached hydrogens (tertiary/aromatic N) is 2. The first kappa shape index (κ1) is 21.4. The maximum atomic E-state index is 14.0. The van der Waals surface area contributed by atoms with Gasteiger partial charge in [-0.1, -0.05) is 30.3 Å². The van der Waals surface area contributed by atoms with Crippen molar-refractivity contribution >= 4 is 16.9 Å². The van der Waals surface area contributed by atoms with Crippen molar-refractivity contribution in [3.63, 3.8) is 0 Å². The van der Waals surface area contributed by atoms with Crippen LogP contribution in [0.15, 0.2) is 73.1 Å². The fraction of sp³-hybridized carbons (Fsp3) is 0.143. The van der Waals surface area contributed by atoms with Crippen molar-refractivity contribution in [1.29, 1.82) is 0 Å². The molecule has 0 amide bonds. The molecule has 1 atom stereocenters. The van der Waals surface area contributed by atoms with Crippen molar-refractivity contribution in [2.75, 3.05) is 11.9 Å². The number of benzene rings is 3. The molecule has 0 spiro atoms. The highest BCUT2D eigenvalue weighted by atomic mass is 19.2. The average Bonchev–Trinajstić information content (AvgIpc) is 3.27. The molecule has 0 saturated heterocycles. The predicted molar refractivity (Wildman–Crippen MR) is 130 cm³/mol. The topological polar surface area (TPSA) is 53.6 Å². The third-order valence-electron chi connectivity index (χ3n) is 6.63. The minimum atomic E-state index is -0.850. The number of rotatable bonds is 5. The number of aromatic nitrogens is 3. The summed E-state index contributed by atoms with van der Waals surface area (Å²) in [6, 6.07) is 16.7. The van der Waals surface area contributed by atoms with Crippen LogP contribution in [0.1, 0.15) is 28.2 Å². The molecule has 0 bridgehead atoms. The number of nitrogens with one attached hydrogen (secondary N) is 2. The largest absolute Gasteiger partial charge is 0.361 e. The highest BCUT2D eigenvalue weighted by Gasteiger charge is 2.28. The monoisotopic (exact) mass is 470 g/mol. The second kappa shape index (κ2) is 8.58. The number of halogens is 3. The van der Waals surface area contributed by atoms with Crippen molar-refractivity contribution in [1.82, 2.24) is 15.0 Å². The number of hydrogen-bond acceptors (Lipinski definition) is 3. The van der Waals surface area contributed by atoms with Crippen molar-refractivity contribution in [2.24, 2.45) is 0 Å². The lowest BCUT2D eigenvalue weighted by atomic mass is 9.78. The molecular weight excluding hydrogens is 449 g/mol. The summed E-state index contributed by atoms with van der Waals surface area (Å²) in [5, 5.41) is 4.29. The number of fused-ring (bicyclic) bond motifs is 4. The Morgan fingerprint density at radius 3 is 2.74 bits per heavy atom. The van der Waals surface area contributed by atoms with E-state index in [-0.39, 0.29) is 11.7 Å². The zero-order valence-corrected chi connectivity index (χ0v) is 18.7. The zero-order chi connectivity index (χ0) is 23.9. The van der Waals surface area contributed by atoms with Gasteiger partial charge in [0.1, 0.15) is 5.82 Å². The quantitative estimate of drug-likeness (QED) is 0.313. The molecule has 0 aliphatic heterocycles. The lowest BCUT2D eigenvalue weighted by molar-refractivity contribution is 0.506. The van der Waals surface area contributed by atoms with E-state index < -0.39 is 11.6 Å². The van der Waals surface area contributed by atoms with Gasteiger partial charge in [0, 0.05) is 41.3 Å². The van der Waals surface area contributed by atoms with Gasteiger partial charge in [-0.15, -0.1) is 0 Å². The fourth-order valence-electron chi connectivity index (χ4n) is 4.92. The number of aromatic amines is 1. The van der Waals surface area contributed by atoms with Gasteiger partial charge in [0.2, 0.25) is 5.95 Å². The highest BCUT2D eigenvalue weighted by Crippen LogP contribution is 2.42. The Kier molecular flexibility index (Phi) is 5.25.